The number of hydrogen-bond donors (Lipinski definition) is 0. The van der Waals surface area contributed by atoms with E-state index in [0.29, 0.717) is 30.1 Å². The molecule has 0 bridgehead atoms. The van der Waals surface area contributed by atoms with Crippen molar-refractivity contribution < 1.29 is 17.9 Å². The zero-order valence-corrected chi connectivity index (χ0v) is 12.1. The van der Waals surface area contributed by atoms with Crippen LogP contribution >= 0.6 is 11.6 Å². The summed E-state index contributed by atoms with van der Waals surface area (Å²) in [5, 5.41) is -1.06. The zero-order valence-electron chi connectivity index (χ0n) is 11.4. The number of alkyl halides is 1. The van der Waals surface area contributed by atoms with Gasteiger partial charge in [-0.3, -0.25) is 0 Å². The fraction of sp³-hybridized carbons (Fsp3) is 0.250. The van der Waals surface area contributed by atoms with Crippen molar-refractivity contribution in [3.8, 4) is 5.75 Å². The van der Waals surface area contributed by atoms with E-state index in [1.807, 2.05) is 6.92 Å². The van der Waals surface area contributed by atoms with Crippen molar-refractivity contribution in [1.29, 1.82) is 0 Å². The zero-order chi connectivity index (χ0) is 15.4. The third kappa shape index (κ3) is 3.70. The molecule has 0 saturated carbocycles. The highest BCUT2D eigenvalue weighted by Crippen LogP contribution is 2.34. The van der Waals surface area contributed by atoms with Crippen molar-refractivity contribution in [3.05, 3.63) is 65.0 Å². The molecular formula is C16H14ClF3O. The maximum Gasteiger partial charge on any atom is 0.134 e. The van der Waals surface area contributed by atoms with E-state index in [-0.39, 0.29) is 5.56 Å². The Kier molecular flexibility index (Phi) is 5.12. The Hall–Kier alpha value is -1.68. The second kappa shape index (κ2) is 6.85. The predicted octanol–water partition coefficient (Wildman–Crippen LogP) is 5.22. The minimum Gasteiger partial charge on any atom is -0.494 e. The molecule has 2 aromatic carbocycles. The first kappa shape index (κ1) is 15.7. The summed E-state index contributed by atoms with van der Waals surface area (Å²) in [7, 11) is 0. The van der Waals surface area contributed by atoms with Crippen LogP contribution in [0, 0.1) is 17.5 Å². The third-order valence-electron chi connectivity index (χ3n) is 2.92. The van der Waals surface area contributed by atoms with Crippen LogP contribution in [0.2, 0.25) is 0 Å². The van der Waals surface area contributed by atoms with E-state index >= 15 is 0 Å². The molecular weight excluding hydrogens is 301 g/mol. The minimum absolute atomic E-state index is 0.370. The molecule has 2 rings (SSSR count). The first-order valence-corrected chi connectivity index (χ1v) is 6.97. The van der Waals surface area contributed by atoms with Crippen molar-refractivity contribution in [2.75, 3.05) is 6.61 Å². The van der Waals surface area contributed by atoms with Crippen molar-refractivity contribution in [2.24, 2.45) is 0 Å². The second-order valence-corrected chi connectivity index (χ2v) is 5.00. The van der Waals surface area contributed by atoms with E-state index in [0.717, 1.165) is 6.42 Å². The largest absolute Gasteiger partial charge is 0.494 e. The van der Waals surface area contributed by atoms with Crippen LogP contribution < -0.4 is 4.74 Å². The fourth-order valence-electron chi connectivity index (χ4n) is 1.94. The third-order valence-corrected chi connectivity index (χ3v) is 3.39. The van der Waals surface area contributed by atoms with Crippen molar-refractivity contribution in [2.45, 2.75) is 18.7 Å². The monoisotopic (exact) mass is 314 g/mol. The van der Waals surface area contributed by atoms with Crippen LogP contribution in [-0.4, -0.2) is 6.61 Å². The molecule has 0 fully saturated rings. The molecule has 0 radical (unpaired) electrons. The van der Waals surface area contributed by atoms with Gasteiger partial charge in [0, 0.05) is 17.7 Å². The lowest BCUT2D eigenvalue weighted by Crippen LogP contribution is -2.03. The van der Waals surface area contributed by atoms with E-state index in [9.17, 15) is 13.2 Å². The lowest BCUT2D eigenvalue weighted by atomic mass is 10.0. The van der Waals surface area contributed by atoms with Gasteiger partial charge in [-0.1, -0.05) is 19.1 Å². The normalized spacial score (nSPS) is 12.2. The molecule has 0 saturated heterocycles. The van der Waals surface area contributed by atoms with E-state index in [2.05, 4.69) is 0 Å². The number of hydrogen-bond acceptors (Lipinski definition) is 1. The molecule has 0 aromatic heterocycles. The lowest BCUT2D eigenvalue weighted by Gasteiger charge is -2.14. The Labute approximate surface area is 126 Å². The average molecular weight is 315 g/mol. The first-order chi connectivity index (χ1) is 10.0. The van der Waals surface area contributed by atoms with Gasteiger partial charge in [0.25, 0.3) is 0 Å². The molecule has 21 heavy (non-hydrogen) atoms. The van der Waals surface area contributed by atoms with Gasteiger partial charge in [0.15, 0.2) is 0 Å². The molecule has 0 heterocycles. The Bertz CT molecular complexity index is 608. The van der Waals surface area contributed by atoms with Gasteiger partial charge in [0.1, 0.15) is 23.2 Å². The van der Waals surface area contributed by atoms with Gasteiger partial charge in [-0.2, -0.15) is 0 Å². The van der Waals surface area contributed by atoms with Crippen LogP contribution in [0.15, 0.2) is 36.4 Å². The molecule has 1 nitrogen and oxygen atoms in total. The highest BCUT2D eigenvalue weighted by molar-refractivity contribution is 6.22. The SMILES string of the molecule is CCCOc1cccc(C(Cl)c2c(F)cc(F)cc2F)c1. The molecule has 5 heteroatoms. The number of ether oxygens (including phenoxy) is 1. The standard InChI is InChI=1S/C16H14ClF3O/c1-2-6-21-12-5-3-4-10(7-12)16(17)15-13(19)8-11(18)9-14(15)20/h3-5,7-9,16H,2,6H2,1H3. The summed E-state index contributed by atoms with van der Waals surface area (Å²) in [6, 6.07) is 7.92. The van der Waals surface area contributed by atoms with Gasteiger partial charge in [0.05, 0.1) is 12.0 Å². The summed E-state index contributed by atoms with van der Waals surface area (Å²) in [5.41, 5.74) is 0.111. The Morgan fingerprint density at radius 2 is 1.76 bits per heavy atom. The van der Waals surface area contributed by atoms with Gasteiger partial charge >= 0.3 is 0 Å². The van der Waals surface area contributed by atoms with E-state index in [1.54, 1.807) is 24.3 Å². The van der Waals surface area contributed by atoms with Crippen molar-refractivity contribution in [3.63, 3.8) is 0 Å². The predicted molar refractivity (Wildman–Crippen MR) is 76.2 cm³/mol. The molecule has 1 atom stereocenters. The molecule has 0 spiro atoms. The summed E-state index contributed by atoms with van der Waals surface area (Å²) < 4.78 is 45.9. The average Bonchev–Trinajstić information content (AvgIpc) is 2.44. The van der Waals surface area contributed by atoms with E-state index in [1.165, 1.54) is 0 Å². The van der Waals surface area contributed by atoms with Crippen LogP contribution in [-0.2, 0) is 0 Å². The van der Waals surface area contributed by atoms with Gasteiger partial charge in [-0.15, -0.1) is 11.6 Å². The van der Waals surface area contributed by atoms with E-state index in [4.69, 9.17) is 16.3 Å². The Balaban J connectivity index is 2.34. The van der Waals surface area contributed by atoms with E-state index < -0.39 is 22.8 Å². The minimum atomic E-state index is -1.06. The van der Waals surface area contributed by atoms with Crippen LogP contribution in [0.4, 0.5) is 13.2 Å². The lowest BCUT2D eigenvalue weighted by molar-refractivity contribution is 0.317. The van der Waals surface area contributed by atoms with Gasteiger partial charge in [-0.05, 0) is 24.1 Å². The fourth-order valence-corrected chi connectivity index (χ4v) is 2.29. The maximum atomic E-state index is 13.8. The van der Waals surface area contributed by atoms with Crippen LogP contribution in [0.5, 0.6) is 5.75 Å². The molecule has 0 aliphatic rings. The topological polar surface area (TPSA) is 9.23 Å². The number of rotatable bonds is 5. The highest BCUT2D eigenvalue weighted by atomic mass is 35.5. The summed E-state index contributed by atoms with van der Waals surface area (Å²) >= 11 is 6.14. The molecule has 2 aromatic rings. The maximum absolute atomic E-state index is 13.8. The van der Waals surface area contributed by atoms with Gasteiger partial charge in [-0.25, -0.2) is 13.2 Å². The van der Waals surface area contributed by atoms with Crippen molar-refractivity contribution in [1.82, 2.24) is 0 Å². The summed E-state index contributed by atoms with van der Waals surface area (Å²) in [6.45, 7) is 2.51. The van der Waals surface area contributed by atoms with Gasteiger partial charge in [0.2, 0.25) is 0 Å². The molecule has 0 aliphatic heterocycles. The summed E-state index contributed by atoms with van der Waals surface area (Å²) in [5.74, 6) is -2.42. The van der Waals surface area contributed by atoms with Crippen molar-refractivity contribution >= 4 is 11.6 Å². The van der Waals surface area contributed by atoms with Crippen LogP contribution in [0.25, 0.3) is 0 Å². The molecule has 0 amide bonds. The Morgan fingerprint density at radius 3 is 2.38 bits per heavy atom. The molecule has 0 aliphatic carbocycles. The summed E-state index contributed by atoms with van der Waals surface area (Å²) in [6.07, 6.45) is 0.843. The molecule has 112 valence electrons. The molecule has 1 unspecified atom stereocenters. The molecule has 0 N–H and O–H groups in total. The van der Waals surface area contributed by atoms with Crippen LogP contribution in [0.3, 0.4) is 0 Å². The van der Waals surface area contributed by atoms with Gasteiger partial charge < -0.3 is 4.74 Å². The number of halogens is 4. The number of benzene rings is 2. The Morgan fingerprint density at radius 1 is 1.10 bits per heavy atom. The smallest absolute Gasteiger partial charge is 0.134 e. The highest BCUT2D eigenvalue weighted by Gasteiger charge is 2.21. The first-order valence-electron chi connectivity index (χ1n) is 6.54. The second-order valence-electron chi connectivity index (χ2n) is 4.57. The van der Waals surface area contributed by atoms with Crippen LogP contribution in [0.1, 0.15) is 29.8 Å². The quantitative estimate of drug-likeness (QED) is 0.687. The summed E-state index contributed by atoms with van der Waals surface area (Å²) in [4.78, 5) is 0.